The fourth-order valence-corrected chi connectivity index (χ4v) is 1.48. The molecule has 0 fully saturated rings. The van der Waals surface area contributed by atoms with Crippen LogP contribution in [-0.2, 0) is 11.3 Å². The molecule has 0 aliphatic rings. The molecule has 0 aromatic heterocycles. The first-order chi connectivity index (χ1) is 8.97. The van der Waals surface area contributed by atoms with Gasteiger partial charge in [-0.15, -0.1) is 12.4 Å². The average molecular weight is 309 g/mol. The Morgan fingerprint density at radius 1 is 1.25 bits per heavy atom. The van der Waals surface area contributed by atoms with Gasteiger partial charge in [-0.05, 0) is 31.5 Å². The monoisotopic (exact) mass is 308 g/mol. The molecule has 20 heavy (non-hydrogen) atoms. The molecule has 1 aromatic carbocycles. The number of hydrogen-bond acceptors (Lipinski definition) is 3. The summed E-state index contributed by atoms with van der Waals surface area (Å²) < 4.78 is 28.1. The zero-order chi connectivity index (χ0) is 14.3. The molecule has 0 saturated carbocycles. The molecule has 0 atom stereocenters. The van der Waals surface area contributed by atoms with Crippen LogP contribution in [0.1, 0.15) is 19.4 Å². The predicted molar refractivity (Wildman–Crippen MR) is 75.3 cm³/mol. The maximum Gasteiger partial charge on any atom is 0.387 e. The Kier molecular flexibility index (Phi) is 8.83. The normalized spacial score (nSPS) is 10.3. The fourth-order valence-electron chi connectivity index (χ4n) is 1.48. The molecule has 1 rings (SSSR count). The molecule has 0 spiro atoms. The number of carbonyl (C=O) groups is 1. The minimum atomic E-state index is -2.82. The second kappa shape index (κ2) is 9.50. The number of hydrogen-bond donors (Lipinski definition) is 2. The van der Waals surface area contributed by atoms with Gasteiger partial charge in [-0.25, -0.2) is 0 Å². The minimum Gasteiger partial charge on any atom is -0.435 e. The van der Waals surface area contributed by atoms with Crippen LogP contribution < -0.4 is 15.4 Å². The highest BCUT2D eigenvalue weighted by Crippen LogP contribution is 2.14. The topological polar surface area (TPSA) is 50.4 Å². The van der Waals surface area contributed by atoms with Crippen LogP contribution in [-0.4, -0.2) is 25.1 Å². The van der Waals surface area contributed by atoms with Crippen LogP contribution in [0.3, 0.4) is 0 Å². The van der Waals surface area contributed by atoms with Gasteiger partial charge in [0, 0.05) is 12.6 Å². The van der Waals surface area contributed by atoms with E-state index in [0.29, 0.717) is 6.54 Å². The maximum absolute atomic E-state index is 11.9. The number of carbonyl (C=O) groups excluding carboxylic acids is 1. The Hall–Kier alpha value is -1.40. The summed E-state index contributed by atoms with van der Waals surface area (Å²) in [6.07, 6.45) is 0. The van der Waals surface area contributed by atoms with Gasteiger partial charge in [0.2, 0.25) is 5.91 Å². The molecular formula is C13H19ClF2N2O2. The first-order valence-corrected chi connectivity index (χ1v) is 6.01. The van der Waals surface area contributed by atoms with Crippen molar-refractivity contribution in [2.75, 3.05) is 6.54 Å². The molecule has 0 heterocycles. The summed E-state index contributed by atoms with van der Waals surface area (Å²) in [4.78, 5) is 11.3. The summed E-state index contributed by atoms with van der Waals surface area (Å²) in [7, 11) is 0. The van der Waals surface area contributed by atoms with E-state index in [9.17, 15) is 13.6 Å². The molecule has 1 aromatic rings. The highest BCUT2D eigenvalue weighted by molar-refractivity contribution is 5.85. The fraction of sp³-hybridized carbons (Fsp3) is 0.462. The number of halogens is 3. The summed E-state index contributed by atoms with van der Waals surface area (Å²) in [5.41, 5.74) is 0.888. The van der Waals surface area contributed by atoms with Crippen molar-refractivity contribution in [2.45, 2.75) is 33.0 Å². The van der Waals surface area contributed by atoms with E-state index in [4.69, 9.17) is 0 Å². The van der Waals surface area contributed by atoms with Crippen molar-refractivity contribution in [3.63, 3.8) is 0 Å². The smallest absolute Gasteiger partial charge is 0.387 e. The Morgan fingerprint density at radius 2 is 1.85 bits per heavy atom. The van der Waals surface area contributed by atoms with E-state index in [1.54, 1.807) is 12.1 Å². The molecule has 2 N–H and O–H groups in total. The van der Waals surface area contributed by atoms with Crippen molar-refractivity contribution in [3.05, 3.63) is 29.8 Å². The van der Waals surface area contributed by atoms with Crippen LogP contribution >= 0.6 is 12.4 Å². The molecule has 0 aliphatic heterocycles. The zero-order valence-corrected chi connectivity index (χ0v) is 12.2. The Balaban J connectivity index is 0.00000361. The number of alkyl halides is 2. The molecule has 4 nitrogen and oxygen atoms in total. The number of ether oxygens (including phenoxy) is 1. The van der Waals surface area contributed by atoms with E-state index in [1.165, 1.54) is 12.1 Å². The van der Waals surface area contributed by atoms with Crippen LogP contribution in [0.25, 0.3) is 0 Å². The van der Waals surface area contributed by atoms with Gasteiger partial charge in [-0.2, -0.15) is 8.78 Å². The van der Waals surface area contributed by atoms with E-state index >= 15 is 0 Å². The van der Waals surface area contributed by atoms with E-state index < -0.39 is 6.61 Å². The van der Waals surface area contributed by atoms with Gasteiger partial charge < -0.3 is 15.4 Å². The second-order valence-electron chi connectivity index (χ2n) is 4.35. The summed E-state index contributed by atoms with van der Waals surface area (Å²) in [6.45, 7) is 1.66. The van der Waals surface area contributed by atoms with Crippen LogP contribution in [0.2, 0.25) is 0 Å². The van der Waals surface area contributed by atoms with Gasteiger partial charge in [0.05, 0.1) is 6.54 Å². The van der Waals surface area contributed by atoms with Crippen LogP contribution in [0.15, 0.2) is 24.3 Å². The third kappa shape index (κ3) is 7.91. The highest BCUT2D eigenvalue weighted by atomic mass is 35.5. The predicted octanol–water partition coefficient (Wildman–Crippen LogP) is 2.32. The third-order valence-electron chi connectivity index (χ3n) is 2.21. The lowest BCUT2D eigenvalue weighted by molar-refractivity contribution is -0.120. The number of amides is 1. The van der Waals surface area contributed by atoms with Gasteiger partial charge in [-0.1, -0.05) is 12.1 Å². The molecule has 1 amide bonds. The van der Waals surface area contributed by atoms with Crippen molar-refractivity contribution in [1.82, 2.24) is 10.6 Å². The minimum absolute atomic E-state index is 0. The van der Waals surface area contributed by atoms with E-state index in [-0.39, 0.29) is 36.7 Å². The first-order valence-electron chi connectivity index (χ1n) is 6.01. The Bertz CT molecular complexity index is 400. The number of nitrogens with one attached hydrogen (secondary N) is 2. The number of benzene rings is 1. The largest absolute Gasteiger partial charge is 0.435 e. The Labute approximate surface area is 123 Å². The van der Waals surface area contributed by atoms with Gasteiger partial charge in [0.15, 0.2) is 0 Å². The van der Waals surface area contributed by atoms with Gasteiger partial charge in [-0.3, -0.25) is 4.79 Å². The lowest BCUT2D eigenvalue weighted by atomic mass is 10.2. The summed E-state index contributed by atoms with van der Waals surface area (Å²) in [5.74, 6) is 0.0453. The van der Waals surface area contributed by atoms with Gasteiger partial charge in [0.1, 0.15) is 5.75 Å². The average Bonchev–Trinajstić information content (AvgIpc) is 2.29. The quantitative estimate of drug-likeness (QED) is 0.813. The molecule has 7 heteroatoms. The standard InChI is InChI=1S/C13H18F2N2O2.ClH/c1-9(2)17-12(18)8-16-7-10-3-5-11(6-4-10)19-13(14)15;/h3-6,9,13,16H,7-8H2,1-2H3,(H,17,18);1H. The van der Waals surface area contributed by atoms with Gasteiger partial charge >= 0.3 is 6.61 Å². The van der Waals surface area contributed by atoms with Gasteiger partial charge in [0.25, 0.3) is 0 Å². The maximum atomic E-state index is 11.9. The zero-order valence-electron chi connectivity index (χ0n) is 11.4. The van der Waals surface area contributed by atoms with Crippen molar-refractivity contribution in [3.8, 4) is 5.75 Å². The van der Waals surface area contributed by atoms with Crippen molar-refractivity contribution in [2.24, 2.45) is 0 Å². The van der Waals surface area contributed by atoms with E-state index in [0.717, 1.165) is 5.56 Å². The molecule has 0 unspecified atom stereocenters. The van der Waals surface area contributed by atoms with E-state index in [1.807, 2.05) is 13.8 Å². The second-order valence-corrected chi connectivity index (χ2v) is 4.35. The summed E-state index contributed by atoms with van der Waals surface area (Å²) in [5, 5.41) is 5.72. The van der Waals surface area contributed by atoms with Crippen molar-refractivity contribution >= 4 is 18.3 Å². The Morgan fingerprint density at radius 3 is 2.35 bits per heavy atom. The lowest BCUT2D eigenvalue weighted by Crippen LogP contribution is -2.37. The number of rotatable bonds is 7. The lowest BCUT2D eigenvalue weighted by Gasteiger charge is -2.09. The van der Waals surface area contributed by atoms with E-state index in [2.05, 4.69) is 15.4 Å². The van der Waals surface area contributed by atoms with Crippen molar-refractivity contribution < 1.29 is 18.3 Å². The molecule has 0 aliphatic carbocycles. The third-order valence-corrected chi connectivity index (χ3v) is 2.21. The SMILES string of the molecule is CC(C)NC(=O)CNCc1ccc(OC(F)F)cc1.Cl. The van der Waals surface area contributed by atoms with Crippen LogP contribution in [0.5, 0.6) is 5.75 Å². The van der Waals surface area contributed by atoms with Crippen LogP contribution in [0, 0.1) is 0 Å². The first kappa shape index (κ1) is 18.6. The summed E-state index contributed by atoms with van der Waals surface area (Å²) >= 11 is 0. The molecule has 0 bridgehead atoms. The molecule has 114 valence electrons. The highest BCUT2D eigenvalue weighted by Gasteiger charge is 2.04. The molecular weight excluding hydrogens is 290 g/mol. The summed E-state index contributed by atoms with van der Waals surface area (Å²) in [6, 6.07) is 6.39. The van der Waals surface area contributed by atoms with Crippen molar-refractivity contribution in [1.29, 1.82) is 0 Å². The van der Waals surface area contributed by atoms with Crippen LogP contribution in [0.4, 0.5) is 8.78 Å². The molecule has 0 saturated heterocycles. The molecule has 0 radical (unpaired) electrons.